The standard InChI is InChI=1S/C30H28N4O4S/c1-3-38-29(35)20-34-15-5-7-23-6-4-8-28(30(23)34)39(36,37)32-25-13-14-27-24(17-25)18-26(33(27)2)16-21-9-11-22(19-31)12-10-21/h4-15,17-18,30,32H,3,16,20H2,1-2H3. The lowest BCUT2D eigenvalue weighted by molar-refractivity contribution is -0.143. The van der Waals surface area contributed by atoms with Crippen molar-refractivity contribution >= 4 is 32.6 Å². The number of ether oxygens (including phenoxy) is 1. The van der Waals surface area contributed by atoms with Crippen molar-refractivity contribution in [1.29, 1.82) is 5.26 Å². The Bertz CT molecular complexity index is 1700. The number of aromatic nitrogens is 1. The van der Waals surface area contributed by atoms with Crippen LogP contribution in [-0.2, 0) is 33.0 Å². The summed E-state index contributed by atoms with van der Waals surface area (Å²) in [5, 5.41) is 9.94. The molecule has 1 atom stereocenters. The van der Waals surface area contributed by atoms with E-state index in [0.29, 0.717) is 17.7 Å². The smallest absolute Gasteiger partial charge is 0.325 e. The summed E-state index contributed by atoms with van der Waals surface area (Å²) in [6, 6.07) is 16.5. The van der Waals surface area contributed by atoms with Gasteiger partial charge in [-0.25, -0.2) is 8.42 Å². The van der Waals surface area contributed by atoms with Gasteiger partial charge in [0.1, 0.15) is 6.54 Å². The lowest BCUT2D eigenvalue weighted by Crippen LogP contribution is -2.42. The number of anilines is 1. The van der Waals surface area contributed by atoms with Crippen molar-refractivity contribution in [3.8, 4) is 6.07 Å². The van der Waals surface area contributed by atoms with Crippen molar-refractivity contribution in [3.05, 3.63) is 112 Å². The van der Waals surface area contributed by atoms with Crippen molar-refractivity contribution in [2.45, 2.75) is 19.4 Å². The van der Waals surface area contributed by atoms with Crippen molar-refractivity contribution in [2.24, 2.45) is 7.05 Å². The molecule has 0 spiro atoms. The number of sulfonamides is 1. The lowest BCUT2D eigenvalue weighted by atomic mass is 9.97. The number of carbonyl (C=O) groups is 1. The molecule has 9 heteroatoms. The zero-order valence-electron chi connectivity index (χ0n) is 21.7. The van der Waals surface area contributed by atoms with Gasteiger partial charge < -0.3 is 14.2 Å². The summed E-state index contributed by atoms with van der Waals surface area (Å²) in [6.45, 7) is 1.92. The first-order valence-corrected chi connectivity index (χ1v) is 14.1. The van der Waals surface area contributed by atoms with Crippen LogP contribution in [0.3, 0.4) is 0 Å². The molecule has 2 heterocycles. The normalized spacial score (nSPS) is 16.3. The minimum absolute atomic E-state index is 0.0644. The topological polar surface area (TPSA) is 104 Å². The Labute approximate surface area is 227 Å². The summed E-state index contributed by atoms with van der Waals surface area (Å²) in [6.07, 6.45) is 11.1. The number of hydrogen-bond donors (Lipinski definition) is 1. The minimum Gasteiger partial charge on any atom is -0.465 e. The van der Waals surface area contributed by atoms with Crippen molar-refractivity contribution in [2.75, 3.05) is 17.9 Å². The van der Waals surface area contributed by atoms with Gasteiger partial charge in [0.05, 0.1) is 29.2 Å². The van der Waals surface area contributed by atoms with E-state index in [2.05, 4.69) is 15.4 Å². The zero-order valence-corrected chi connectivity index (χ0v) is 22.5. The third-order valence-electron chi connectivity index (χ3n) is 6.82. The highest BCUT2D eigenvalue weighted by molar-refractivity contribution is 7.96. The van der Waals surface area contributed by atoms with Crippen LogP contribution in [-0.4, -0.2) is 43.0 Å². The molecule has 0 radical (unpaired) electrons. The minimum atomic E-state index is -3.96. The van der Waals surface area contributed by atoms with Gasteiger partial charge in [0.15, 0.2) is 0 Å². The van der Waals surface area contributed by atoms with Gasteiger partial charge in [0.2, 0.25) is 0 Å². The number of nitriles is 1. The zero-order chi connectivity index (χ0) is 27.6. The first-order valence-electron chi connectivity index (χ1n) is 12.6. The highest BCUT2D eigenvalue weighted by Crippen LogP contribution is 2.32. The van der Waals surface area contributed by atoms with E-state index in [1.807, 2.05) is 49.5 Å². The highest BCUT2D eigenvalue weighted by atomic mass is 32.2. The molecule has 0 fully saturated rings. The molecular formula is C30H28N4O4S. The number of rotatable bonds is 8. The molecule has 1 N–H and O–H groups in total. The summed E-state index contributed by atoms with van der Waals surface area (Å²) >= 11 is 0. The Balaban J connectivity index is 1.39. The van der Waals surface area contributed by atoms with Gasteiger partial charge in [0.25, 0.3) is 10.0 Å². The van der Waals surface area contributed by atoms with Crippen LogP contribution >= 0.6 is 0 Å². The maximum Gasteiger partial charge on any atom is 0.325 e. The number of hydrogen-bond acceptors (Lipinski definition) is 6. The predicted octanol–water partition coefficient (Wildman–Crippen LogP) is 4.52. The van der Waals surface area contributed by atoms with Crippen LogP contribution in [0, 0.1) is 11.3 Å². The van der Waals surface area contributed by atoms with Crippen LogP contribution in [0.15, 0.2) is 95.6 Å². The second kappa shape index (κ2) is 10.7. The maximum absolute atomic E-state index is 13.6. The Morgan fingerprint density at radius 1 is 1.10 bits per heavy atom. The van der Waals surface area contributed by atoms with Gasteiger partial charge in [0, 0.05) is 42.0 Å². The number of benzene rings is 2. The van der Waals surface area contributed by atoms with Gasteiger partial charge in [-0.1, -0.05) is 30.4 Å². The monoisotopic (exact) mass is 540 g/mol. The fourth-order valence-electron chi connectivity index (χ4n) is 4.95. The number of nitrogens with zero attached hydrogens (tertiary/aromatic N) is 3. The van der Waals surface area contributed by atoms with E-state index in [1.54, 1.807) is 54.5 Å². The number of carbonyl (C=O) groups excluding carboxylic acids is 1. The Hall–Kier alpha value is -4.55. The lowest BCUT2D eigenvalue weighted by Gasteiger charge is -2.35. The van der Waals surface area contributed by atoms with Crippen molar-refractivity contribution < 1.29 is 17.9 Å². The Kier molecular flexibility index (Phi) is 7.13. The summed E-state index contributed by atoms with van der Waals surface area (Å²) in [7, 11) is -1.98. The van der Waals surface area contributed by atoms with Gasteiger partial charge in [-0.2, -0.15) is 5.26 Å². The first-order chi connectivity index (χ1) is 18.8. The summed E-state index contributed by atoms with van der Waals surface area (Å²) in [5.74, 6) is -0.422. The Morgan fingerprint density at radius 2 is 1.90 bits per heavy atom. The number of allylic oxidation sites excluding steroid dienone is 4. The van der Waals surface area contributed by atoms with Gasteiger partial charge in [-0.3, -0.25) is 9.52 Å². The number of aryl methyl sites for hydroxylation is 1. The molecule has 2 aromatic carbocycles. The van der Waals surface area contributed by atoms with E-state index < -0.39 is 22.0 Å². The average molecular weight is 541 g/mol. The first kappa shape index (κ1) is 26.1. The van der Waals surface area contributed by atoms with Crippen molar-refractivity contribution in [1.82, 2.24) is 9.47 Å². The van der Waals surface area contributed by atoms with Crippen LogP contribution in [0.4, 0.5) is 5.69 Å². The van der Waals surface area contributed by atoms with Crippen LogP contribution in [0.25, 0.3) is 10.9 Å². The molecule has 39 heavy (non-hydrogen) atoms. The number of esters is 1. The highest BCUT2D eigenvalue weighted by Gasteiger charge is 2.35. The third-order valence-corrected chi connectivity index (χ3v) is 8.31. The van der Waals surface area contributed by atoms with E-state index in [1.165, 1.54) is 0 Å². The third kappa shape index (κ3) is 5.38. The van der Waals surface area contributed by atoms with Gasteiger partial charge in [-0.05, 0) is 66.6 Å². The molecule has 0 saturated heterocycles. The molecule has 1 aromatic heterocycles. The van der Waals surface area contributed by atoms with E-state index in [0.717, 1.165) is 27.7 Å². The number of fused-ring (bicyclic) bond motifs is 2. The molecule has 198 valence electrons. The Morgan fingerprint density at radius 3 is 2.64 bits per heavy atom. The molecule has 0 saturated carbocycles. The molecule has 0 bridgehead atoms. The quantitative estimate of drug-likeness (QED) is 0.421. The predicted molar refractivity (Wildman–Crippen MR) is 151 cm³/mol. The fraction of sp³-hybridized carbons (Fsp3) is 0.200. The average Bonchev–Trinajstić information content (AvgIpc) is 3.22. The maximum atomic E-state index is 13.6. The number of nitrogens with one attached hydrogen (secondary N) is 1. The van der Waals surface area contributed by atoms with E-state index >= 15 is 0 Å². The molecule has 3 aromatic rings. The summed E-state index contributed by atoms with van der Waals surface area (Å²) in [4.78, 5) is 14.0. The fourth-order valence-corrected chi connectivity index (χ4v) is 6.33. The van der Waals surface area contributed by atoms with Crippen LogP contribution in [0.1, 0.15) is 23.7 Å². The SMILES string of the molecule is CCOC(=O)CN1C=CC=C2C=CC=C(S(=O)(=O)Nc3ccc4c(c3)cc(Cc3ccc(C#N)cc3)n4C)C21. The van der Waals surface area contributed by atoms with E-state index in [4.69, 9.17) is 10.00 Å². The molecule has 1 unspecified atom stereocenters. The summed E-state index contributed by atoms with van der Waals surface area (Å²) in [5.41, 5.74) is 4.96. The largest absolute Gasteiger partial charge is 0.465 e. The van der Waals surface area contributed by atoms with Gasteiger partial charge >= 0.3 is 5.97 Å². The summed E-state index contributed by atoms with van der Waals surface area (Å²) < 4.78 is 37.2. The molecule has 2 aliphatic rings. The second-order valence-electron chi connectivity index (χ2n) is 9.38. The van der Waals surface area contributed by atoms with Crippen LogP contribution in [0.2, 0.25) is 0 Å². The van der Waals surface area contributed by atoms with E-state index in [-0.39, 0.29) is 18.1 Å². The molecule has 0 amide bonds. The van der Waals surface area contributed by atoms with Crippen LogP contribution in [0.5, 0.6) is 0 Å². The molecule has 1 aliphatic carbocycles. The van der Waals surface area contributed by atoms with Gasteiger partial charge in [-0.15, -0.1) is 0 Å². The van der Waals surface area contributed by atoms with Crippen LogP contribution < -0.4 is 4.72 Å². The van der Waals surface area contributed by atoms with E-state index in [9.17, 15) is 13.2 Å². The molecule has 8 nitrogen and oxygen atoms in total. The molecule has 5 rings (SSSR count). The molecule has 1 aliphatic heterocycles. The molecular weight excluding hydrogens is 512 g/mol. The second-order valence-corrected chi connectivity index (χ2v) is 11.1. The van der Waals surface area contributed by atoms with Crippen molar-refractivity contribution in [3.63, 3.8) is 0 Å².